The van der Waals surface area contributed by atoms with Crippen LogP contribution in [0.3, 0.4) is 0 Å². The molecule has 150 valence electrons. The molecule has 0 radical (unpaired) electrons. The number of methoxy groups -OCH3 is 1. The number of furan rings is 1. The molecule has 1 aromatic carbocycles. The van der Waals surface area contributed by atoms with Crippen molar-refractivity contribution < 1.29 is 18.7 Å². The van der Waals surface area contributed by atoms with Crippen LogP contribution in [0.5, 0.6) is 0 Å². The molecule has 0 saturated carbocycles. The number of amides is 1. The highest BCUT2D eigenvalue weighted by Crippen LogP contribution is 2.24. The minimum absolute atomic E-state index is 0.0187. The Bertz CT molecular complexity index is 974. The number of carbonyl (C=O) groups is 2. The number of aromatic nitrogens is 1. The standard InChI is InChI=1S/C21H21N3O4S/c1-27-21(26)16-6-4-15(5-7-16)20(25)24-10-8-23(9-11-24)13-17-14-29-19(22-17)18-3-2-12-28-18/h2-7,12,14H,8-11,13H2,1H3. The lowest BCUT2D eigenvalue weighted by atomic mass is 10.1. The predicted octanol–water partition coefficient (Wildman–Crippen LogP) is 3.15. The Kier molecular flexibility index (Phi) is 5.73. The number of benzene rings is 1. The van der Waals surface area contributed by atoms with Crippen molar-refractivity contribution in [3.8, 4) is 10.8 Å². The zero-order valence-corrected chi connectivity index (χ0v) is 16.9. The molecule has 8 heteroatoms. The highest BCUT2D eigenvalue weighted by molar-refractivity contribution is 7.13. The summed E-state index contributed by atoms with van der Waals surface area (Å²) in [6.45, 7) is 3.66. The van der Waals surface area contributed by atoms with E-state index < -0.39 is 5.97 Å². The molecule has 29 heavy (non-hydrogen) atoms. The number of hydrogen-bond acceptors (Lipinski definition) is 7. The minimum atomic E-state index is -0.408. The van der Waals surface area contributed by atoms with Crippen molar-refractivity contribution in [1.29, 1.82) is 0 Å². The number of carbonyl (C=O) groups excluding carboxylic acids is 2. The third kappa shape index (κ3) is 4.38. The molecule has 0 atom stereocenters. The zero-order chi connectivity index (χ0) is 20.2. The second kappa shape index (κ2) is 8.59. The minimum Gasteiger partial charge on any atom is -0.465 e. The number of piperazine rings is 1. The van der Waals surface area contributed by atoms with Gasteiger partial charge in [-0.25, -0.2) is 9.78 Å². The Hall–Kier alpha value is -2.97. The first-order valence-corrected chi connectivity index (χ1v) is 10.2. The van der Waals surface area contributed by atoms with E-state index in [4.69, 9.17) is 4.42 Å². The molecule has 3 heterocycles. The molecule has 2 aromatic heterocycles. The summed E-state index contributed by atoms with van der Waals surface area (Å²) in [5, 5.41) is 2.94. The number of ether oxygens (including phenoxy) is 1. The summed E-state index contributed by atoms with van der Waals surface area (Å²) >= 11 is 1.57. The summed E-state index contributed by atoms with van der Waals surface area (Å²) in [5.74, 6) is 0.361. The maximum absolute atomic E-state index is 12.7. The summed E-state index contributed by atoms with van der Waals surface area (Å²) in [6.07, 6.45) is 1.65. The molecule has 3 aromatic rings. The Morgan fingerprint density at radius 1 is 1.10 bits per heavy atom. The van der Waals surface area contributed by atoms with Crippen molar-refractivity contribution in [1.82, 2.24) is 14.8 Å². The number of thiazole rings is 1. The van der Waals surface area contributed by atoms with E-state index >= 15 is 0 Å². The van der Waals surface area contributed by atoms with Gasteiger partial charge in [0.25, 0.3) is 5.91 Å². The van der Waals surface area contributed by atoms with Crippen molar-refractivity contribution >= 4 is 23.2 Å². The van der Waals surface area contributed by atoms with E-state index in [9.17, 15) is 9.59 Å². The van der Waals surface area contributed by atoms with E-state index in [0.29, 0.717) is 24.2 Å². The number of esters is 1. The average molecular weight is 411 g/mol. The van der Waals surface area contributed by atoms with E-state index in [1.54, 1.807) is 41.9 Å². The van der Waals surface area contributed by atoms with Gasteiger partial charge in [0.15, 0.2) is 10.8 Å². The van der Waals surface area contributed by atoms with Gasteiger partial charge in [-0.3, -0.25) is 9.69 Å². The van der Waals surface area contributed by atoms with Crippen LogP contribution in [0.2, 0.25) is 0 Å². The van der Waals surface area contributed by atoms with E-state index in [1.165, 1.54) is 7.11 Å². The van der Waals surface area contributed by atoms with Gasteiger partial charge in [0.05, 0.1) is 24.6 Å². The lowest BCUT2D eigenvalue weighted by Gasteiger charge is -2.34. The van der Waals surface area contributed by atoms with Crippen LogP contribution < -0.4 is 0 Å². The summed E-state index contributed by atoms with van der Waals surface area (Å²) < 4.78 is 10.1. The van der Waals surface area contributed by atoms with Gasteiger partial charge in [0.2, 0.25) is 0 Å². The Morgan fingerprint density at radius 2 is 1.83 bits per heavy atom. The van der Waals surface area contributed by atoms with Crippen LogP contribution in [0.1, 0.15) is 26.4 Å². The molecular formula is C21H21N3O4S. The first-order chi connectivity index (χ1) is 14.1. The molecule has 0 N–H and O–H groups in total. The van der Waals surface area contributed by atoms with Crippen LogP contribution in [0, 0.1) is 0 Å². The molecule has 1 amide bonds. The van der Waals surface area contributed by atoms with Gasteiger partial charge in [-0.15, -0.1) is 11.3 Å². The Morgan fingerprint density at radius 3 is 2.48 bits per heavy atom. The normalized spacial score (nSPS) is 14.7. The number of hydrogen-bond donors (Lipinski definition) is 0. The largest absolute Gasteiger partial charge is 0.465 e. The van der Waals surface area contributed by atoms with Crippen molar-refractivity contribution in [3.05, 3.63) is 64.9 Å². The third-order valence-electron chi connectivity index (χ3n) is 4.88. The molecule has 1 saturated heterocycles. The van der Waals surface area contributed by atoms with Crippen LogP contribution in [-0.2, 0) is 11.3 Å². The summed E-state index contributed by atoms with van der Waals surface area (Å²) in [5.41, 5.74) is 2.03. The van der Waals surface area contributed by atoms with Crippen molar-refractivity contribution in [3.63, 3.8) is 0 Å². The molecule has 1 fully saturated rings. The number of nitrogens with zero attached hydrogens (tertiary/aromatic N) is 3. The summed E-state index contributed by atoms with van der Waals surface area (Å²) in [6, 6.07) is 10.3. The van der Waals surface area contributed by atoms with E-state index in [0.717, 1.165) is 36.1 Å². The predicted molar refractivity (Wildman–Crippen MR) is 109 cm³/mol. The molecule has 0 aliphatic carbocycles. The third-order valence-corrected chi connectivity index (χ3v) is 5.79. The molecule has 0 unspecified atom stereocenters. The van der Waals surface area contributed by atoms with Crippen molar-refractivity contribution in [2.24, 2.45) is 0 Å². The highest BCUT2D eigenvalue weighted by atomic mass is 32.1. The topological polar surface area (TPSA) is 75.9 Å². The van der Waals surface area contributed by atoms with Gasteiger partial charge in [-0.05, 0) is 36.4 Å². The van der Waals surface area contributed by atoms with Crippen LogP contribution >= 0.6 is 11.3 Å². The number of rotatable bonds is 5. The second-order valence-electron chi connectivity index (χ2n) is 6.76. The van der Waals surface area contributed by atoms with Gasteiger partial charge in [-0.2, -0.15) is 0 Å². The van der Waals surface area contributed by atoms with Crippen LogP contribution in [0.15, 0.2) is 52.5 Å². The summed E-state index contributed by atoms with van der Waals surface area (Å²) in [4.78, 5) is 33.0. The zero-order valence-electron chi connectivity index (χ0n) is 16.0. The maximum atomic E-state index is 12.7. The Balaban J connectivity index is 1.31. The highest BCUT2D eigenvalue weighted by Gasteiger charge is 2.23. The smallest absolute Gasteiger partial charge is 0.337 e. The van der Waals surface area contributed by atoms with Crippen molar-refractivity contribution in [2.75, 3.05) is 33.3 Å². The molecule has 1 aliphatic heterocycles. The maximum Gasteiger partial charge on any atom is 0.337 e. The fraction of sp³-hybridized carbons (Fsp3) is 0.286. The fourth-order valence-electron chi connectivity index (χ4n) is 3.28. The second-order valence-corrected chi connectivity index (χ2v) is 7.62. The lowest BCUT2D eigenvalue weighted by Crippen LogP contribution is -2.48. The molecule has 1 aliphatic rings. The van der Waals surface area contributed by atoms with Crippen LogP contribution in [-0.4, -0.2) is 59.9 Å². The Labute approximate surface area is 172 Å². The molecule has 7 nitrogen and oxygen atoms in total. The van der Waals surface area contributed by atoms with Crippen LogP contribution in [0.25, 0.3) is 10.8 Å². The average Bonchev–Trinajstić information content (AvgIpc) is 3.45. The van der Waals surface area contributed by atoms with Gasteiger partial charge >= 0.3 is 5.97 Å². The summed E-state index contributed by atoms with van der Waals surface area (Å²) in [7, 11) is 1.34. The first kappa shape index (κ1) is 19.4. The molecule has 0 bridgehead atoms. The monoisotopic (exact) mass is 411 g/mol. The molecule has 4 rings (SSSR count). The SMILES string of the molecule is COC(=O)c1ccc(C(=O)N2CCN(Cc3csc(-c4ccco4)n3)CC2)cc1. The quantitative estimate of drug-likeness (QED) is 0.601. The van der Waals surface area contributed by atoms with E-state index in [1.807, 2.05) is 17.0 Å². The fourth-order valence-corrected chi connectivity index (χ4v) is 4.06. The van der Waals surface area contributed by atoms with Crippen molar-refractivity contribution in [2.45, 2.75) is 6.54 Å². The van der Waals surface area contributed by atoms with Crippen LogP contribution in [0.4, 0.5) is 0 Å². The van der Waals surface area contributed by atoms with E-state index in [2.05, 4.69) is 20.0 Å². The molecule has 0 spiro atoms. The van der Waals surface area contributed by atoms with Gasteiger partial charge < -0.3 is 14.1 Å². The van der Waals surface area contributed by atoms with Gasteiger partial charge in [0.1, 0.15) is 0 Å². The van der Waals surface area contributed by atoms with Gasteiger partial charge in [0, 0.05) is 43.7 Å². The van der Waals surface area contributed by atoms with Gasteiger partial charge in [-0.1, -0.05) is 0 Å². The lowest BCUT2D eigenvalue weighted by molar-refractivity contribution is 0.0596. The van der Waals surface area contributed by atoms with E-state index in [-0.39, 0.29) is 5.91 Å². The molecular weight excluding hydrogens is 390 g/mol. The first-order valence-electron chi connectivity index (χ1n) is 9.32.